The van der Waals surface area contributed by atoms with Crippen molar-refractivity contribution in [2.75, 3.05) is 24.0 Å². The van der Waals surface area contributed by atoms with Crippen molar-refractivity contribution in [3.05, 3.63) is 53.6 Å². The highest BCUT2D eigenvalue weighted by atomic mass is 35.5. The van der Waals surface area contributed by atoms with Crippen LogP contribution in [0.4, 0.5) is 5.69 Å². The summed E-state index contributed by atoms with van der Waals surface area (Å²) < 4.78 is 39.0. The van der Waals surface area contributed by atoms with E-state index in [1.165, 1.54) is 28.6 Å². The minimum absolute atomic E-state index is 0.0913. The molecule has 0 saturated carbocycles. The van der Waals surface area contributed by atoms with Crippen molar-refractivity contribution in [2.24, 2.45) is 0 Å². The van der Waals surface area contributed by atoms with Crippen LogP contribution in [0.2, 0.25) is 5.02 Å². The molecule has 1 aliphatic heterocycles. The SMILES string of the molecule is CC(C)OCCCNC(=O)[C@H]1CN(S(=O)(=O)c2ccc(Cl)cc2)c2ccccc2O1. The maximum absolute atomic E-state index is 13.3. The molecule has 0 radical (unpaired) electrons. The molecule has 2 aromatic rings. The number of halogens is 1. The summed E-state index contributed by atoms with van der Waals surface area (Å²) in [5.74, 6) is -0.0325. The molecule has 1 aliphatic rings. The third-order valence-electron chi connectivity index (χ3n) is 4.50. The maximum Gasteiger partial charge on any atom is 0.264 e. The molecule has 0 fully saturated rings. The molecule has 1 amide bonds. The Morgan fingerprint density at radius 3 is 2.63 bits per heavy atom. The van der Waals surface area contributed by atoms with Gasteiger partial charge in [-0.25, -0.2) is 8.42 Å². The molecule has 3 rings (SSSR count). The molecule has 0 aromatic heterocycles. The number of amides is 1. The number of carbonyl (C=O) groups is 1. The van der Waals surface area contributed by atoms with Crippen LogP contribution in [0.3, 0.4) is 0 Å². The Morgan fingerprint density at radius 2 is 1.93 bits per heavy atom. The number of nitrogens with one attached hydrogen (secondary N) is 1. The van der Waals surface area contributed by atoms with Crippen LogP contribution in [0.15, 0.2) is 53.4 Å². The fourth-order valence-corrected chi connectivity index (χ4v) is 4.62. The molecule has 30 heavy (non-hydrogen) atoms. The van der Waals surface area contributed by atoms with E-state index in [9.17, 15) is 13.2 Å². The predicted octanol–water partition coefficient (Wildman–Crippen LogP) is 3.23. The zero-order chi connectivity index (χ0) is 21.7. The van der Waals surface area contributed by atoms with E-state index in [2.05, 4.69) is 5.32 Å². The maximum atomic E-state index is 13.3. The van der Waals surface area contributed by atoms with Gasteiger partial charge in [0.2, 0.25) is 0 Å². The summed E-state index contributed by atoms with van der Waals surface area (Å²) in [6.07, 6.45) is -0.182. The molecular weight excluding hydrogens is 428 g/mol. The van der Waals surface area contributed by atoms with Gasteiger partial charge in [0, 0.05) is 18.2 Å². The van der Waals surface area contributed by atoms with Crippen LogP contribution in [0, 0.1) is 0 Å². The molecule has 9 heteroatoms. The predicted molar refractivity (Wildman–Crippen MR) is 116 cm³/mol. The lowest BCUT2D eigenvalue weighted by molar-refractivity contribution is -0.127. The Labute approximate surface area is 182 Å². The average molecular weight is 453 g/mol. The molecule has 0 aliphatic carbocycles. The van der Waals surface area contributed by atoms with Gasteiger partial charge in [-0.2, -0.15) is 0 Å². The van der Waals surface area contributed by atoms with Crippen molar-refractivity contribution in [1.29, 1.82) is 0 Å². The third kappa shape index (κ3) is 5.24. The summed E-state index contributed by atoms with van der Waals surface area (Å²) in [5, 5.41) is 3.23. The number of nitrogens with zero attached hydrogens (tertiary/aromatic N) is 1. The molecule has 0 unspecified atom stereocenters. The van der Waals surface area contributed by atoms with E-state index < -0.39 is 16.1 Å². The first-order valence-corrected chi connectivity index (χ1v) is 11.5. The highest BCUT2D eigenvalue weighted by Crippen LogP contribution is 2.36. The standard InChI is InChI=1S/C21H25ClN2O5S/c1-15(2)28-13-5-12-23-21(25)20-14-24(18-6-3-4-7-19(18)29-20)30(26,27)17-10-8-16(22)9-11-17/h3-4,6-11,15,20H,5,12-14H2,1-2H3,(H,23,25)/t20-/m1/s1. The van der Waals surface area contributed by atoms with Crippen LogP contribution in [-0.2, 0) is 19.6 Å². The van der Waals surface area contributed by atoms with E-state index >= 15 is 0 Å². The van der Waals surface area contributed by atoms with Crippen molar-refractivity contribution in [3.8, 4) is 5.75 Å². The fourth-order valence-electron chi connectivity index (χ4n) is 3.02. The van der Waals surface area contributed by atoms with Gasteiger partial charge in [0.1, 0.15) is 5.75 Å². The normalized spacial score (nSPS) is 16.1. The Hall–Kier alpha value is -2.29. The molecule has 1 N–H and O–H groups in total. The summed E-state index contributed by atoms with van der Waals surface area (Å²) >= 11 is 5.89. The number of hydrogen-bond acceptors (Lipinski definition) is 5. The molecule has 162 valence electrons. The molecule has 0 saturated heterocycles. The van der Waals surface area contributed by atoms with Crippen LogP contribution >= 0.6 is 11.6 Å². The van der Waals surface area contributed by atoms with Gasteiger partial charge in [-0.3, -0.25) is 9.10 Å². The second kappa shape index (κ2) is 9.68. The van der Waals surface area contributed by atoms with Crippen LogP contribution in [0.25, 0.3) is 0 Å². The van der Waals surface area contributed by atoms with Crippen molar-refractivity contribution in [1.82, 2.24) is 5.32 Å². The minimum atomic E-state index is -3.90. The number of hydrogen-bond donors (Lipinski definition) is 1. The highest BCUT2D eigenvalue weighted by molar-refractivity contribution is 7.92. The second-order valence-electron chi connectivity index (χ2n) is 7.13. The number of para-hydroxylation sites is 2. The molecule has 1 atom stereocenters. The van der Waals surface area contributed by atoms with Gasteiger partial charge >= 0.3 is 0 Å². The second-order valence-corrected chi connectivity index (χ2v) is 9.43. The summed E-state index contributed by atoms with van der Waals surface area (Å²) in [6, 6.07) is 12.7. The lowest BCUT2D eigenvalue weighted by Crippen LogP contribution is -2.50. The Kier molecular flexibility index (Phi) is 7.23. The van der Waals surface area contributed by atoms with Gasteiger partial charge in [-0.15, -0.1) is 0 Å². The van der Waals surface area contributed by atoms with E-state index in [4.69, 9.17) is 21.1 Å². The zero-order valence-electron chi connectivity index (χ0n) is 16.9. The molecule has 1 heterocycles. The molecule has 7 nitrogen and oxygen atoms in total. The molecular formula is C21H25ClN2O5S. The van der Waals surface area contributed by atoms with Gasteiger partial charge in [-0.1, -0.05) is 23.7 Å². The lowest BCUT2D eigenvalue weighted by atomic mass is 10.2. The first kappa shape index (κ1) is 22.4. The molecule has 0 bridgehead atoms. The number of anilines is 1. The molecule has 0 spiro atoms. The van der Waals surface area contributed by atoms with Crippen LogP contribution in [0.5, 0.6) is 5.75 Å². The van der Waals surface area contributed by atoms with Crippen molar-refractivity contribution in [3.63, 3.8) is 0 Å². The number of fused-ring (bicyclic) bond motifs is 1. The molecule has 2 aromatic carbocycles. The van der Waals surface area contributed by atoms with E-state index in [1.807, 2.05) is 13.8 Å². The van der Waals surface area contributed by atoms with Gasteiger partial charge in [0.15, 0.2) is 6.10 Å². The first-order valence-electron chi connectivity index (χ1n) is 9.72. The van der Waals surface area contributed by atoms with E-state index in [0.29, 0.717) is 36.0 Å². The van der Waals surface area contributed by atoms with Gasteiger partial charge in [-0.05, 0) is 56.7 Å². The zero-order valence-corrected chi connectivity index (χ0v) is 18.4. The Balaban J connectivity index is 1.77. The highest BCUT2D eigenvalue weighted by Gasteiger charge is 2.37. The van der Waals surface area contributed by atoms with E-state index in [-0.39, 0.29) is 23.5 Å². The number of ether oxygens (including phenoxy) is 2. The topological polar surface area (TPSA) is 84.9 Å². The van der Waals surface area contributed by atoms with Gasteiger partial charge in [0.05, 0.1) is 23.2 Å². The monoisotopic (exact) mass is 452 g/mol. The van der Waals surface area contributed by atoms with Crippen LogP contribution in [0.1, 0.15) is 20.3 Å². The first-order chi connectivity index (χ1) is 14.3. The summed E-state index contributed by atoms with van der Waals surface area (Å²) in [6.45, 7) is 4.71. The summed E-state index contributed by atoms with van der Waals surface area (Å²) in [4.78, 5) is 12.7. The third-order valence-corrected chi connectivity index (χ3v) is 6.55. The van der Waals surface area contributed by atoms with Gasteiger partial charge < -0.3 is 14.8 Å². The minimum Gasteiger partial charge on any atom is -0.476 e. The average Bonchev–Trinajstić information content (AvgIpc) is 2.72. The van der Waals surface area contributed by atoms with E-state index in [0.717, 1.165) is 0 Å². The van der Waals surface area contributed by atoms with Crippen molar-refractivity contribution in [2.45, 2.75) is 37.4 Å². The van der Waals surface area contributed by atoms with E-state index in [1.54, 1.807) is 24.3 Å². The number of rotatable bonds is 8. The van der Waals surface area contributed by atoms with Crippen LogP contribution < -0.4 is 14.4 Å². The number of sulfonamides is 1. The lowest BCUT2D eigenvalue weighted by Gasteiger charge is -2.34. The fraction of sp³-hybridized carbons (Fsp3) is 0.381. The van der Waals surface area contributed by atoms with Crippen LogP contribution in [-0.4, -0.2) is 46.2 Å². The van der Waals surface area contributed by atoms with Crippen molar-refractivity contribution >= 4 is 33.2 Å². The van der Waals surface area contributed by atoms with Gasteiger partial charge in [0.25, 0.3) is 15.9 Å². The summed E-state index contributed by atoms with van der Waals surface area (Å²) in [7, 11) is -3.90. The summed E-state index contributed by atoms with van der Waals surface area (Å²) in [5.41, 5.74) is 0.391. The largest absolute Gasteiger partial charge is 0.476 e. The smallest absolute Gasteiger partial charge is 0.264 e. The van der Waals surface area contributed by atoms with Crippen molar-refractivity contribution < 1.29 is 22.7 Å². The Morgan fingerprint density at radius 1 is 1.23 bits per heavy atom. The quantitative estimate of drug-likeness (QED) is 0.621. The number of carbonyl (C=O) groups excluding carboxylic acids is 1. The Bertz CT molecular complexity index is 979. The number of benzene rings is 2.